The summed E-state index contributed by atoms with van der Waals surface area (Å²) >= 11 is 0. The topological polar surface area (TPSA) is 86.8 Å². The Morgan fingerprint density at radius 3 is 2.30 bits per heavy atom. The minimum absolute atomic E-state index is 0.0398. The predicted octanol–water partition coefficient (Wildman–Crippen LogP) is 3.24. The third-order valence-corrected chi connectivity index (χ3v) is 8.51. The Hall–Kier alpha value is -2.71. The van der Waals surface area contributed by atoms with Gasteiger partial charge in [0.15, 0.2) is 0 Å². The monoisotopic (exact) mass is 469 g/mol. The Kier molecular flexibility index (Phi) is 6.59. The molecular formula is C25H31N3O4S. The average Bonchev–Trinajstić information content (AvgIpc) is 2.81. The van der Waals surface area contributed by atoms with E-state index in [2.05, 4.69) is 5.32 Å². The largest absolute Gasteiger partial charge is 0.351 e. The van der Waals surface area contributed by atoms with Crippen LogP contribution >= 0.6 is 0 Å². The summed E-state index contributed by atoms with van der Waals surface area (Å²) in [5.41, 5.74) is 0.0864. The molecule has 0 bridgehead atoms. The number of aryl methyl sites for hydroxylation is 1. The number of carbonyl (C=O) groups is 2. The lowest BCUT2D eigenvalue weighted by Gasteiger charge is -2.47. The first-order valence-electron chi connectivity index (χ1n) is 11.5. The molecule has 8 heteroatoms. The molecule has 0 unspecified atom stereocenters. The molecule has 2 aromatic carbocycles. The van der Waals surface area contributed by atoms with Crippen molar-refractivity contribution in [3.05, 3.63) is 60.2 Å². The van der Waals surface area contributed by atoms with Crippen molar-refractivity contribution in [1.29, 1.82) is 0 Å². The normalized spacial score (nSPS) is 22.8. The van der Waals surface area contributed by atoms with Gasteiger partial charge < -0.3 is 5.32 Å². The van der Waals surface area contributed by atoms with E-state index < -0.39 is 21.5 Å². The van der Waals surface area contributed by atoms with E-state index in [9.17, 15) is 18.0 Å². The molecule has 2 aliphatic rings. The third-order valence-electron chi connectivity index (χ3n) is 6.71. The molecule has 1 saturated heterocycles. The Bertz CT molecular complexity index is 1130. The molecule has 0 radical (unpaired) electrons. The van der Waals surface area contributed by atoms with Crippen molar-refractivity contribution >= 4 is 27.5 Å². The second-order valence-electron chi connectivity index (χ2n) is 9.18. The number of sulfonamides is 1. The summed E-state index contributed by atoms with van der Waals surface area (Å²) in [5.74, 6) is -0.740. The molecule has 1 saturated carbocycles. The van der Waals surface area contributed by atoms with Crippen molar-refractivity contribution in [2.45, 2.75) is 62.4 Å². The maximum Gasteiger partial charge on any atom is 0.247 e. The standard InChI is InChI=1S/C25H31N3O4S/c1-19-11-9-10-16-22(19)28-23(29)17-27(33(31,32)21-14-7-4-8-15-21)18-25(28,2)24(30)26-20-12-5-3-6-13-20/h4,7-11,14-16,20H,3,5-6,12-13,17-18H2,1-2H3,(H,26,30)/t25-/m0/s1. The summed E-state index contributed by atoms with van der Waals surface area (Å²) in [4.78, 5) is 28.8. The number of rotatable bonds is 5. The molecule has 1 atom stereocenters. The van der Waals surface area contributed by atoms with Crippen molar-refractivity contribution < 1.29 is 18.0 Å². The number of piperazine rings is 1. The number of benzene rings is 2. The fourth-order valence-electron chi connectivity index (χ4n) is 4.85. The number of hydrogen-bond donors (Lipinski definition) is 1. The van der Waals surface area contributed by atoms with Gasteiger partial charge >= 0.3 is 0 Å². The van der Waals surface area contributed by atoms with E-state index in [1.54, 1.807) is 31.2 Å². The molecule has 7 nitrogen and oxygen atoms in total. The SMILES string of the molecule is Cc1ccccc1N1C(=O)CN(S(=O)(=O)c2ccccc2)C[C@@]1(C)C(=O)NC1CCCCC1. The fourth-order valence-corrected chi connectivity index (χ4v) is 6.35. The van der Waals surface area contributed by atoms with Crippen LogP contribution in [0.25, 0.3) is 0 Å². The van der Waals surface area contributed by atoms with Crippen LogP contribution in [0.4, 0.5) is 5.69 Å². The highest BCUT2D eigenvalue weighted by Gasteiger charge is 2.51. The molecule has 4 rings (SSSR count). The van der Waals surface area contributed by atoms with E-state index in [0.717, 1.165) is 42.0 Å². The Labute approximate surface area is 195 Å². The summed E-state index contributed by atoms with van der Waals surface area (Å²) in [7, 11) is -3.94. The van der Waals surface area contributed by atoms with E-state index >= 15 is 0 Å². The van der Waals surface area contributed by atoms with Gasteiger partial charge in [0, 0.05) is 18.3 Å². The Morgan fingerprint density at radius 1 is 1.00 bits per heavy atom. The van der Waals surface area contributed by atoms with Gasteiger partial charge in [0.2, 0.25) is 21.8 Å². The van der Waals surface area contributed by atoms with Crippen LogP contribution in [0, 0.1) is 6.92 Å². The second kappa shape index (κ2) is 9.27. The van der Waals surface area contributed by atoms with Gasteiger partial charge in [0.1, 0.15) is 5.54 Å². The highest BCUT2D eigenvalue weighted by Crippen LogP contribution is 2.34. The lowest BCUT2D eigenvalue weighted by atomic mass is 9.91. The molecule has 1 N–H and O–H groups in total. The Balaban J connectivity index is 1.73. The van der Waals surface area contributed by atoms with Crippen LogP contribution in [0.1, 0.15) is 44.6 Å². The second-order valence-corrected chi connectivity index (χ2v) is 11.1. The van der Waals surface area contributed by atoms with Gasteiger partial charge in [-0.05, 0) is 50.5 Å². The number of nitrogens with one attached hydrogen (secondary N) is 1. The lowest BCUT2D eigenvalue weighted by Crippen LogP contribution is -2.71. The number of nitrogens with zero attached hydrogens (tertiary/aromatic N) is 2. The first-order valence-corrected chi connectivity index (χ1v) is 12.9. The van der Waals surface area contributed by atoms with Gasteiger partial charge in [-0.15, -0.1) is 0 Å². The molecule has 33 heavy (non-hydrogen) atoms. The molecule has 0 aromatic heterocycles. The summed E-state index contributed by atoms with van der Waals surface area (Å²) in [6.07, 6.45) is 5.05. The molecule has 176 valence electrons. The van der Waals surface area contributed by atoms with Gasteiger partial charge in [-0.1, -0.05) is 55.7 Å². The van der Waals surface area contributed by atoms with Gasteiger partial charge in [0.25, 0.3) is 0 Å². The van der Waals surface area contributed by atoms with Crippen molar-refractivity contribution in [2.24, 2.45) is 0 Å². The van der Waals surface area contributed by atoms with Crippen molar-refractivity contribution in [3.63, 3.8) is 0 Å². The zero-order valence-electron chi connectivity index (χ0n) is 19.2. The zero-order chi connectivity index (χ0) is 23.6. The first-order chi connectivity index (χ1) is 15.7. The van der Waals surface area contributed by atoms with Crippen LogP contribution in [0.2, 0.25) is 0 Å². The van der Waals surface area contributed by atoms with Gasteiger partial charge in [0.05, 0.1) is 11.4 Å². The summed E-state index contributed by atoms with van der Waals surface area (Å²) in [5, 5.41) is 3.13. The van der Waals surface area contributed by atoms with Crippen LogP contribution in [0.3, 0.4) is 0 Å². The number of amides is 2. The number of para-hydroxylation sites is 1. The number of carbonyl (C=O) groups excluding carboxylic acids is 2. The number of anilines is 1. The molecule has 1 aliphatic heterocycles. The highest BCUT2D eigenvalue weighted by atomic mass is 32.2. The van der Waals surface area contributed by atoms with E-state index in [1.807, 2.05) is 25.1 Å². The van der Waals surface area contributed by atoms with E-state index in [4.69, 9.17) is 0 Å². The molecular weight excluding hydrogens is 438 g/mol. The van der Waals surface area contributed by atoms with Crippen molar-refractivity contribution in [3.8, 4) is 0 Å². The molecule has 2 amide bonds. The highest BCUT2D eigenvalue weighted by molar-refractivity contribution is 7.89. The molecule has 2 aromatic rings. The predicted molar refractivity (Wildman–Crippen MR) is 127 cm³/mol. The molecule has 2 fully saturated rings. The smallest absolute Gasteiger partial charge is 0.247 e. The summed E-state index contributed by atoms with van der Waals surface area (Å²) in [6.45, 7) is 3.11. The fraction of sp³-hybridized carbons (Fsp3) is 0.440. The Morgan fingerprint density at radius 2 is 1.64 bits per heavy atom. The van der Waals surface area contributed by atoms with Crippen LogP contribution in [0.15, 0.2) is 59.5 Å². The quantitative estimate of drug-likeness (QED) is 0.728. The zero-order valence-corrected chi connectivity index (χ0v) is 20.0. The summed E-state index contributed by atoms with van der Waals surface area (Å²) < 4.78 is 27.9. The maximum absolute atomic E-state index is 13.7. The molecule has 1 aliphatic carbocycles. The average molecular weight is 470 g/mol. The first kappa shape index (κ1) is 23.4. The van der Waals surface area contributed by atoms with Crippen molar-refractivity contribution in [1.82, 2.24) is 9.62 Å². The minimum Gasteiger partial charge on any atom is -0.351 e. The third kappa shape index (κ3) is 4.54. The van der Waals surface area contributed by atoms with Gasteiger partial charge in [-0.3, -0.25) is 14.5 Å². The maximum atomic E-state index is 13.7. The molecule has 1 heterocycles. The minimum atomic E-state index is -3.94. The lowest BCUT2D eigenvalue weighted by molar-refractivity contribution is -0.133. The van der Waals surface area contributed by atoms with Gasteiger partial charge in [-0.2, -0.15) is 4.31 Å². The van der Waals surface area contributed by atoms with Crippen molar-refractivity contribution in [2.75, 3.05) is 18.0 Å². The number of hydrogen-bond acceptors (Lipinski definition) is 4. The van der Waals surface area contributed by atoms with Gasteiger partial charge in [-0.25, -0.2) is 8.42 Å². The molecule has 0 spiro atoms. The van der Waals surface area contributed by atoms with Crippen LogP contribution < -0.4 is 10.2 Å². The van der Waals surface area contributed by atoms with Crippen LogP contribution in [-0.4, -0.2) is 49.2 Å². The van der Waals surface area contributed by atoms with Crippen LogP contribution in [-0.2, 0) is 19.6 Å². The van der Waals surface area contributed by atoms with E-state index in [1.165, 1.54) is 17.0 Å². The van der Waals surface area contributed by atoms with E-state index in [0.29, 0.717) is 5.69 Å². The van der Waals surface area contributed by atoms with Crippen LogP contribution in [0.5, 0.6) is 0 Å². The van der Waals surface area contributed by atoms with E-state index in [-0.39, 0.29) is 29.9 Å². The summed E-state index contributed by atoms with van der Waals surface area (Å²) in [6, 6.07) is 15.5.